The van der Waals surface area contributed by atoms with Gasteiger partial charge in [0, 0.05) is 16.6 Å². The van der Waals surface area contributed by atoms with E-state index in [-0.39, 0.29) is 24.0 Å². The van der Waals surface area contributed by atoms with Crippen molar-refractivity contribution in [2.45, 2.75) is 64.5 Å². The van der Waals surface area contributed by atoms with Crippen LogP contribution in [0.5, 0.6) is 0 Å². The van der Waals surface area contributed by atoms with Crippen molar-refractivity contribution in [3.05, 3.63) is 50.9 Å². The molecule has 232 valence electrons. The second-order valence-electron chi connectivity index (χ2n) is 9.90. The number of carbonyl (C=O) groups excluding carboxylic acids is 2. The summed E-state index contributed by atoms with van der Waals surface area (Å²) in [7, 11) is 0. The van der Waals surface area contributed by atoms with Gasteiger partial charge in [-0.15, -0.1) is 11.3 Å². The van der Waals surface area contributed by atoms with Gasteiger partial charge in [0.15, 0.2) is 9.60 Å². The number of carbonyl (C=O) groups is 2. The fourth-order valence-electron chi connectivity index (χ4n) is 4.82. The van der Waals surface area contributed by atoms with E-state index in [0.717, 1.165) is 75.8 Å². The molecule has 8 nitrogen and oxygen atoms in total. The van der Waals surface area contributed by atoms with Crippen molar-refractivity contribution in [1.82, 2.24) is 15.3 Å². The van der Waals surface area contributed by atoms with E-state index in [1.807, 2.05) is 44.2 Å². The molecule has 2 atom stereocenters. The number of benzene rings is 2. The number of thiazole rings is 2. The number of rotatable bonds is 5. The smallest absolute Gasteiger partial charge is 0.328 e. The van der Waals surface area contributed by atoms with Crippen molar-refractivity contribution < 1.29 is 19.1 Å². The lowest BCUT2D eigenvalue weighted by Gasteiger charge is -2.33. The molecule has 0 spiro atoms. The monoisotopic (exact) mass is 684 g/mol. The van der Waals surface area contributed by atoms with Crippen molar-refractivity contribution in [1.29, 1.82) is 0 Å². The molecular weight excluding hydrogens is 651 g/mol. The number of halogens is 3. The van der Waals surface area contributed by atoms with Gasteiger partial charge in [0.2, 0.25) is 0 Å². The number of piperidine rings is 2. The molecule has 2 aliphatic heterocycles. The summed E-state index contributed by atoms with van der Waals surface area (Å²) in [4.78, 5) is 34.1. The van der Waals surface area contributed by atoms with Crippen LogP contribution in [0.1, 0.15) is 52.4 Å². The summed E-state index contributed by atoms with van der Waals surface area (Å²) in [6.45, 7) is 6.36. The molecule has 0 aliphatic carbocycles. The number of nitrogens with one attached hydrogen (secondary N) is 1. The van der Waals surface area contributed by atoms with Gasteiger partial charge < -0.3 is 19.7 Å². The van der Waals surface area contributed by atoms with E-state index in [0.29, 0.717) is 22.7 Å². The van der Waals surface area contributed by atoms with Gasteiger partial charge in [-0.25, -0.2) is 14.8 Å². The molecule has 0 radical (unpaired) electrons. The predicted octanol–water partition coefficient (Wildman–Crippen LogP) is 8.17. The van der Waals surface area contributed by atoms with Gasteiger partial charge in [-0.05, 0) is 88.9 Å². The maximum Gasteiger partial charge on any atom is 0.328 e. The zero-order valence-electron chi connectivity index (χ0n) is 24.1. The predicted molar refractivity (Wildman–Crippen MR) is 178 cm³/mol. The van der Waals surface area contributed by atoms with Crippen molar-refractivity contribution in [3.63, 3.8) is 0 Å². The Kier molecular flexibility index (Phi) is 13.1. The molecule has 13 heteroatoms. The minimum atomic E-state index is -0.213. The van der Waals surface area contributed by atoms with E-state index in [1.54, 1.807) is 17.4 Å². The minimum Gasteiger partial charge on any atom is -0.465 e. The van der Waals surface area contributed by atoms with Crippen LogP contribution in [-0.2, 0) is 19.1 Å². The maximum atomic E-state index is 12.1. The lowest BCUT2D eigenvalue weighted by Crippen LogP contribution is -2.45. The van der Waals surface area contributed by atoms with E-state index in [1.165, 1.54) is 17.8 Å². The number of aromatic nitrogens is 2. The highest BCUT2D eigenvalue weighted by atomic mass is 35.5. The molecule has 0 unspecified atom stereocenters. The Hall–Kier alpha value is -2.21. The molecule has 4 heterocycles. The summed E-state index contributed by atoms with van der Waals surface area (Å²) >= 11 is 20.5. The van der Waals surface area contributed by atoms with Gasteiger partial charge in [0.05, 0.1) is 33.6 Å². The van der Waals surface area contributed by atoms with Gasteiger partial charge in [-0.1, -0.05) is 52.6 Å². The quantitative estimate of drug-likeness (QED) is 0.210. The van der Waals surface area contributed by atoms with E-state index in [4.69, 9.17) is 44.3 Å². The van der Waals surface area contributed by atoms with Crippen LogP contribution in [0.4, 0.5) is 5.13 Å². The summed E-state index contributed by atoms with van der Waals surface area (Å²) in [5.41, 5.74) is 1.83. The zero-order valence-corrected chi connectivity index (χ0v) is 28.0. The maximum absolute atomic E-state index is 12.1. The van der Waals surface area contributed by atoms with Crippen LogP contribution in [0.2, 0.25) is 14.5 Å². The Bertz CT molecular complexity index is 1510. The summed E-state index contributed by atoms with van der Waals surface area (Å²) < 4.78 is 12.7. The number of nitrogens with zero attached hydrogens (tertiary/aromatic N) is 3. The van der Waals surface area contributed by atoms with Crippen LogP contribution in [0.15, 0.2) is 36.4 Å². The highest BCUT2D eigenvalue weighted by Gasteiger charge is 2.31. The highest BCUT2D eigenvalue weighted by molar-refractivity contribution is 7.22. The normalized spacial score (nSPS) is 18.3. The van der Waals surface area contributed by atoms with Crippen molar-refractivity contribution >= 4 is 95.0 Å². The van der Waals surface area contributed by atoms with Crippen molar-refractivity contribution in [3.8, 4) is 0 Å². The Labute approximate surface area is 274 Å². The Morgan fingerprint density at radius 2 is 1.49 bits per heavy atom. The van der Waals surface area contributed by atoms with Gasteiger partial charge in [-0.3, -0.25) is 4.79 Å². The van der Waals surface area contributed by atoms with Crippen LogP contribution >= 0.6 is 57.5 Å². The molecule has 43 heavy (non-hydrogen) atoms. The molecule has 4 aromatic rings. The molecule has 0 saturated carbocycles. The topological polar surface area (TPSA) is 93.6 Å². The second kappa shape index (κ2) is 16.7. The van der Waals surface area contributed by atoms with Gasteiger partial charge in [0.25, 0.3) is 0 Å². The average molecular weight is 686 g/mol. The molecule has 2 aliphatic rings. The third-order valence-corrected chi connectivity index (χ3v) is 9.50. The highest BCUT2D eigenvalue weighted by Crippen LogP contribution is 2.34. The van der Waals surface area contributed by atoms with Crippen LogP contribution in [-0.4, -0.2) is 60.3 Å². The first kappa shape index (κ1) is 33.7. The fraction of sp³-hybridized carbons (Fsp3) is 0.467. The van der Waals surface area contributed by atoms with Gasteiger partial charge in [0.1, 0.15) is 12.1 Å². The molecule has 6 rings (SSSR count). The van der Waals surface area contributed by atoms with Crippen LogP contribution in [0, 0.1) is 0 Å². The first-order valence-corrected chi connectivity index (χ1v) is 17.2. The SMILES string of the molecule is CCOC(=O)[C@@H]1CCCCN1.CCOC(=O)[C@@H]1CCCCN1c1nc2ccc(Cl)cc2s1.Clc1ccc2nc(Cl)sc2c1. The molecule has 2 fully saturated rings. The number of hydrogen-bond acceptors (Lipinski definition) is 10. The number of esters is 2. The Morgan fingerprint density at radius 3 is 2.14 bits per heavy atom. The third kappa shape index (κ3) is 9.64. The van der Waals surface area contributed by atoms with Crippen LogP contribution in [0.25, 0.3) is 20.4 Å². The molecule has 2 aromatic carbocycles. The summed E-state index contributed by atoms with van der Waals surface area (Å²) in [6, 6.07) is 11.0. The molecule has 2 saturated heterocycles. The summed E-state index contributed by atoms with van der Waals surface area (Å²) in [5.74, 6) is -0.235. The first-order chi connectivity index (χ1) is 20.8. The third-order valence-electron chi connectivity index (χ3n) is 6.85. The lowest BCUT2D eigenvalue weighted by atomic mass is 10.0. The van der Waals surface area contributed by atoms with Crippen LogP contribution < -0.4 is 10.2 Å². The van der Waals surface area contributed by atoms with Crippen LogP contribution in [0.3, 0.4) is 0 Å². The first-order valence-electron chi connectivity index (χ1n) is 14.4. The molecule has 0 amide bonds. The molecular formula is C30H35Cl3N4O4S2. The van der Waals surface area contributed by atoms with Gasteiger partial charge in [-0.2, -0.15) is 0 Å². The number of anilines is 1. The standard InChI is InChI=1S/C15H17ClN2O2S.C8H15NO2.C7H3Cl2NS/c1-2-20-14(19)12-5-3-4-8-18(12)15-17-11-7-6-10(16)9-13(11)21-15;1-2-11-8(10)7-5-3-4-6-9-7;8-4-1-2-5-6(3-4)11-7(9)10-5/h6-7,9,12H,2-5,8H2,1H3;7,9H,2-6H2,1H3;1-3H/t12-;7-;/m00./s1. The average Bonchev–Trinajstić information content (AvgIpc) is 3.60. The fourth-order valence-corrected chi connectivity index (χ4v) is 7.44. The van der Waals surface area contributed by atoms with E-state index >= 15 is 0 Å². The van der Waals surface area contributed by atoms with E-state index < -0.39 is 0 Å². The number of hydrogen-bond donors (Lipinski definition) is 1. The molecule has 1 N–H and O–H groups in total. The number of ether oxygens (including phenoxy) is 2. The summed E-state index contributed by atoms with van der Waals surface area (Å²) in [5, 5.41) is 5.44. The molecule has 0 bridgehead atoms. The molecule has 2 aromatic heterocycles. The minimum absolute atomic E-state index is 0.0382. The largest absolute Gasteiger partial charge is 0.465 e. The summed E-state index contributed by atoms with van der Waals surface area (Å²) in [6.07, 6.45) is 6.20. The number of fused-ring (bicyclic) bond motifs is 2. The van der Waals surface area contributed by atoms with Gasteiger partial charge >= 0.3 is 11.9 Å². The lowest BCUT2D eigenvalue weighted by molar-refractivity contribution is -0.146. The second-order valence-corrected chi connectivity index (χ2v) is 13.4. The Morgan fingerprint density at radius 1 is 0.860 bits per heavy atom. The Balaban J connectivity index is 0.000000162. The zero-order chi connectivity index (χ0) is 30.8. The van der Waals surface area contributed by atoms with E-state index in [9.17, 15) is 9.59 Å². The van der Waals surface area contributed by atoms with Crippen molar-refractivity contribution in [2.24, 2.45) is 0 Å². The van der Waals surface area contributed by atoms with Crippen molar-refractivity contribution in [2.75, 3.05) is 31.2 Å². The van der Waals surface area contributed by atoms with E-state index in [2.05, 4.69) is 20.2 Å².